The van der Waals surface area contributed by atoms with E-state index < -0.39 is 16.9 Å². The highest BCUT2D eigenvalue weighted by atomic mass is 35.5. The van der Waals surface area contributed by atoms with Crippen LogP contribution < -0.4 is 4.74 Å². The predicted octanol–water partition coefficient (Wildman–Crippen LogP) is 3.91. The first-order chi connectivity index (χ1) is 13.5. The van der Waals surface area contributed by atoms with E-state index in [2.05, 4.69) is 11.0 Å². The molecular formula is C22H28ClNO3S. The molecule has 0 saturated carbocycles. The van der Waals surface area contributed by atoms with Gasteiger partial charge >= 0.3 is 0 Å². The lowest BCUT2D eigenvalue weighted by Crippen LogP contribution is -2.46. The van der Waals surface area contributed by atoms with Crippen LogP contribution in [0.25, 0.3) is 0 Å². The summed E-state index contributed by atoms with van der Waals surface area (Å²) in [5.74, 6) is 0.683. The smallest absolute Gasteiger partial charge is 0.119 e. The second-order valence-electron chi connectivity index (χ2n) is 7.37. The first-order valence-electron chi connectivity index (χ1n) is 9.74. The SMILES string of the molecule is CS(=O)c1ccc(OCC(O)CN2CCCCC2Cc2cccc(Cl)c2)cc1. The van der Waals surface area contributed by atoms with Crippen molar-refractivity contribution in [3.05, 3.63) is 59.1 Å². The van der Waals surface area contributed by atoms with Crippen molar-refractivity contribution >= 4 is 22.4 Å². The minimum Gasteiger partial charge on any atom is -0.491 e. The van der Waals surface area contributed by atoms with Gasteiger partial charge in [0.15, 0.2) is 0 Å². The minimum atomic E-state index is -0.997. The van der Waals surface area contributed by atoms with Gasteiger partial charge in [0.05, 0.1) is 0 Å². The van der Waals surface area contributed by atoms with Crippen LogP contribution in [0.2, 0.25) is 5.02 Å². The minimum absolute atomic E-state index is 0.245. The van der Waals surface area contributed by atoms with E-state index in [4.69, 9.17) is 16.3 Å². The number of hydrogen-bond donors (Lipinski definition) is 1. The molecule has 3 atom stereocenters. The fourth-order valence-electron chi connectivity index (χ4n) is 3.71. The maximum atomic E-state index is 11.4. The summed E-state index contributed by atoms with van der Waals surface area (Å²) in [6, 6.07) is 15.6. The van der Waals surface area contributed by atoms with E-state index in [1.807, 2.05) is 18.2 Å². The van der Waals surface area contributed by atoms with Gasteiger partial charge in [-0.05, 0) is 67.8 Å². The summed E-state index contributed by atoms with van der Waals surface area (Å²) in [6.07, 6.45) is 5.56. The largest absolute Gasteiger partial charge is 0.491 e. The predicted molar refractivity (Wildman–Crippen MR) is 115 cm³/mol. The molecule has 0 aromatic heterocycles. The van der Waals surface area contributed by atoms with Gasteiger partial charge in [-0.3, -0.25) is 9.11 Å². The van der Waals surface area contributed by atoms with E-state index in [1.54, 1.807) is 30.5 Å². The van der Waals surface area contributed by atoms with Gasteiger partial charge in [-0.25, -0.2) is 0 Å². The van der Waals surface area contributed by atoms with Crippen molar-refractivity contribution in [1.82, 2.24) is 4.90 Å². The number of ether oxygens (including phenoxy) is 1. The average molecular weight is 422 g/mol. The second kappa shape index (κ2) is 10.4. The number of nitrogens with zero attached hydrogens (tertiary/aromatic N) is 1. The third-order valence-electron chi connectivity index (χ3n) is 5.15. The number of piperidine rings is 1. The molecule has 28 heavy (non-hydrogen) atoms. The summed E-state index contributed by atoms with van der Waals surface area (Å²) in [5, 5.41) is 11.3. The van der Waals surface area contributed by atoms with Crippen LogP contribution in [0.5, 0.6) is 5.75 Å². The zero-order chi connectivity index (χ0) is 19.9. The van der Waals surface area contributed by atoms with Crippen LogP contribution in [-0.4, -0.2) is 52.3 Å². The van der Waals surface area contributed by atoms with Crippen molar-refractivity contribution in [3.63, 3.8) is 0 Å². The Hall–Kier alpha value is -1.40. The monoisotopic (exact) mass is 421 g/mol. The number of β-amino-alcohol motifs (C(OH)–C–C–N with tert-alkyl or cyclic N) is 1. The normalized spacial score (nSPS) is 19.9. The molecule has 3 unspecified atom stereocenters. The van der Waals surface area contributed by atoms with Crippen LogP contribution in [0.3, 0.4) is 0 Å². The highest BCUT2D eigenvalue weighted by molar-refractivity contribution is 7.84. The molecule has 152 valence electrons. The Kier molecular flexibility index (Phi) is 7.91. The lowest BCUT2D eigenvalue weighted by atomic mass is 9.95. The number of halogens is 1. The molecule has 1 aliphatic heterocycles. The summed E-state index contributed by atoms with van der Waals surface area (Å²) in [5.41, 5.74) is 1.24. The summed E-state index contributed by atoms with van der Waals surface area (Å²) in [6.45, 7) is 1.84. The molecule has 6 heteroatoms. The molecule has 0 aliphatic carbocycles. The maximum Gasteiger partial charge on any atom is 0.119 e. The number of rotatable bonds is 8. The van der Waals surface area contributed by atoms with Crippen molar-refractivity contribution in [3.8, 4) is 5.75 Å². The topological polar surface area (TPSA) is 49.8 Å². The van der Waals surface area contributed by atoms with Gasteiger partial charge in [-0.15, -0.1) is 0 Å². The molecule has 1 heterocycles. The molecular weight excluding hydrogens is 394 g/mol. The van der Waals surface area contributed by atoms with Gasteiger partial charge in [0.2, 0.25) is 0 Å². The van der Waals surface area contributed by atoms with E-state index in [9.17, 15) is 9.32 Å². The molecule has 0 radical (unpaired) electrons. The molecule has 4 nitrogen and oxygen atoms in total. The van der Waals surface area contributed by atoms with Gasteiger partial charge in [-0.1, -0.05) is 30.2 Å². The summed E-state index contributed by atoms with van der Waals surface area (Å²) in [7, 11) is -0.997. The third kappa shape index (κ3) is 6.31. The van der Waals surface area contributed by atoms with E-state index in [0.29, 0.717) is 18.3 Å². The number of hydrogen-bond acceptors (Lipinski definition) is 4. The van der Waals surface area contributed by atoms with E-state index in [0.717, 1.165) is 35.7 Å². The fraction of sp³-hybridized carbons (Fsp3) is 0.455. The zero-order valence-corrected chi connectivity index (χ0v) is 17.8. The Morgan fingerprint density at radius 2 is 2.04 bits per heavy atom. The highest BCUT2D eigenvalue weighted by Gasteiger charge is 2.24. The van der Waals surface area contributed by atoms with Gasteiger partial charge in [-0.2, -0.15) is 0 Å². The third-order valence-corrected chi connectivity index (χ3v) is 6.32. The molecule has 0 bridgehead atoms. The van der Waals surface area contributed by atoms with Crippen molar-refractivity contribution in [2.75, 3.05) is 26.0 Å². The van der Waals surface area contributed by atoms with E-state index in [-0.39, 0.29) is 6.61 Å². The van der Waals surface area contributed by atoms with Crippen LogP contribution in [0.1, 0.15) is 24.8 Å². The summed E-state index contributed by atoms with van der Waals surface area (Å²) < 4.78 is 17.2. The molecule has 2 aromatic rings. The second-order valence-corrected chi connectivity index (χ2v) is 9.19. The quantitative estimate of drug-likeness (QED) is 0.702. The molecule has 2 aromatic carbocycles. The van der Waals surface area contributed by atoms with Crippen LogP contribution in [-0.2, 0) is 17.2 Å². The van der Waals surface area contributed by atoms with Gasteiger partial charge in [0, 0.05) is 39.6 Å². The Bertz CT molecular complexity index is 784. The van der Waals surface area contributed by atoms with E-state index in [1.165, 1.54) is 12.0 Å². The Morgan fingerprint density at radius 3 is 2.75 bits per heavy atom. The van der Waals surface area contributed by atoms with Crippen molar-refractivity contribution < 1.29 is 14.1 Å². The standard InChI is InChI=1S/C22H28ClNO3S/c1-28(26)22-10-8-21(9-11-22)27-16-20(25)15-24-12-3-2-7-19(24)14-17-5-4-6-18(23)13-17/h4-6,8-11,13,19-20,25H,2-3,7,12,14-16H2,1H3. The maximum absolute atomic E-state index is 11.4. The Morgan fingerprint density at radius 1 is 1.25 bits per heavy atom. The highest BCUT2D eigenvalue weighted by Crippen LogP contribution is 2.22. The van der Waals surface area contributed by atoms with E-state index >= 15 is 0 Å². The molecule has 0 spiro atoms. The summed E-state index contributed by atoms with van der Waals surface area (Å²) >= 11 is 6.12. The number of aliphatic hydroxyl groups is 1. The van der Waals surface area contributed by atoms with Gasteiger partial charge in [0.25, 0.3) is 0 Å². The Labute approximate surface area is 174 Å². The van der Waals surface area contributed by atoms with Crippen molar-refractivity contribution in [2.45, 2.75) is 42.7 Å². The Balaban J connectivity index is 1.52. The van der Waals surface area contributed by atoms with Crippen LogP contribution >= 0.6 is 11.6 Å². The molecule has 1 saturated heterocycles. The van der Waals surface area contributed by atoms with Gasteiger partial charge < -0.3 is 9.84 Å². The first kappa shape index (κ1) is 21.3. The van der Waals surface area contributed by atoms with Crippen LogP contribution in [0, 0.1) is 0 Å². The molecule has 1 fully saturated rings. The van der Waals surface area contributed by atoms with Crippen LogP contribution in [0.4, 0.5) is 0 Å². The average Bonchev–Trinajstić information content (AvgIpc) is 2.68. The fourth-order valence-corrected chi connectivity index (χ4v) is 4.44. The zero-order valence-electron chi connectivity index (χ0n) is 16.2. The van der Waals surface area contributed by atoms with Gasteiger partial charge in [0.1, 0.15) is 18.5 Å². The molecule has 1 aliphatic rings. The molecule has 0 amide bonds. The molecule has 1 N–H and O–H groups in total. The first-order valence-corrected chi connectivity index (χ1v) is 11.7. The number of aliphatic hydroxyl groups excluding tert-OH is 1. The van der Waals surface area contributed by atoms with Crippen molar-refractivity contribution in [2.24, 2.45) is 0 Å². The number of benzene rings is 2. The summed E-state index contributed by atoms with van der Waals surface area (Å²) in [4.78, 5) is 3.15. The lowest BCUT2D eigenvalue weighted by Gasteiger charge is -2.37. The lowest BCUT2D eigenvalue weighted by molar-refractivity contribution is 0.0397. The molecule has 3 rings (SSSR count). The van der Waals surface area contributed by atoms with Crippen LogP contribution in [0.15, 0.2) is 53.4 Å². The number of likely N-dealkylation sites (tertiary alicyclic amines) is 1. The van der Waals surface area contributed by atoms with Crippen molar-refractivity contribution in [1.29, 1.82) is 0 Å².